The summed E-state index contributed by atoms with van der Waals surface area (Å²) in [7, 11) is -4.61. The third kappa shape index (κ3) is 8.89. The van der Waals surface area contributed by atoms with Crippen LogP contribution in [-0.2, 0) is 4.43 Å². The smallest absolute Gasteiger partial charge is 0.183 e. The molecule has 1 aliphatic carbocycles. The molecule has 0 aliphatic heterocycles. The number of rotatable bonds is 8. The Labute approximate surface area is 186 Å². The summed E-state index contributed by atoms with van der Waals surface area (Å²) >= 11 is 0. The van der Waals surface area contributed by atoms with Crippen LogP contribution in [0.15, 0.2) is 0 Å². The van der Waals surface area contributed by atoms with Gasteiger partial charge >= 0.3 is 0 Å². The van der Waals surface area contributed by atoms with Crippen LogP contribution in [0.3, 0.4) is 0 Å². The lowest BCUT2D eigenvalue weighted by Gasteiger charge is -2.44. The maximum atomic E-state index is 6.32. The molecule has 3 nitrogen and oxygen atoms in total. The Hall–Kier alpha value is 0.531. The average Bonchev–Trinajstić information content (AvgIpc) is 2.69. The SMILES string of the molecule is CC1C([Si](C)(C)NC(C)(C)C)CC(CCO[Si](C)(C)C)C1[Si](C)(C)NC(C)(C)C. The van der Waals surface area contributed by atoms with E-state index in [1.165, 1.54) is 12.8 Å². The topological polar surface area (TPSA) is 33.3 Å². The fourth-order valence-electron chi connectivity index (χ4n) is 6.49. The molecule has 0 radical (unpaired) electrons. The lowest BCUT2D eigenvalue weighted by molar-refractivity contribution is 0.269. The Morgan fingerprint density at radius 2 is 1.24 bits per heavy atom. The van der Waals surface area contributed by atoms with E-state index in [-0.39, 0.29) is 11.1 Å². The van der Waals surface area contributed by atoms with Crippen molar-refractivity contribution in [3.8, 4) is 0 Å². The molecule has 0 amide bonds. The van der Waals surface area contributed by atoms with Crippen LogP contribution in [0.25, 0.3) is 0 Å². The van der Waals surface area contributed by atoms with Crippen molar-refractivity contribution in [2.45, 2.75) is 129 Å². The van der Waals surface area contributed by atoms with Gasteiger partial charge in [0.2, 0.25) is 0 Å². The lowest BCUT2D eigenvalue weighted by atomic mass is 10.0. The van der Waals surface area contributed by atoms with Gasteiger partial charge < -0.3 is 14.4 Å². The second-order valence-corrected chi connectivity index (χ2v) is 27.2. The molecule has 0 spiro atoms. The molecule has 0 aromatic rings. The molecule has 0 aromatic heterocycles. The Morgan fingerprint density at radius 1 is 0.793 bits per heavy atom. The molecule has 4 unspecified atom stereocenters. The Balaban J connectivity index is 3.14. The second kappa shape index (κ2) is 9.18. The molecule has 4 atom stereocenters. The monoisotopic (exact) mass is 458 g/mol. The molecule has 1 saturated carbocycles. The standard InChI is InChI=1S/C23H54N2OSi3/c1-18-20(28(11,12)24-22(2,3)4)17-19(15-16-26-27(8,9)10)21(18)29(13,14)25-23(5,6)7/h18-21,24-25H,15-17H2,1-14H3. The minimum Gasteiger partial charge on any atom is -0.418 e. The van der Waals surface area contributed by atoms with Gasteiger partial charge in [0.05, 0.1) is 0 Å². The molecule has 174 valence electrons. The summed E-state index contributed by atoms with van der Waals surface area (Å²) in [5.74, 6) is 1.57. The Kier molecular flexibility index (Phi) is 8.73. The van der Waals surface area contributed by atoms with Crippen LogP contribution in [0.5, 0.6) is 0 Å². The van der Waals surface area contributed by atoms with Crippen LogP contribution < -0.4 is 9.96 Å². The first-order valence-corrected chi connectivity index (χ1v) is 21.4. The first-order chi connectivity index (χ1) is 12.6. The van der Waals surface area contributed by atoms with Gasteiger partial charge in [-0.05, 0) is 96.9 Å². The molecule has 0 heterocycles. The van der Waals surface area contributed by atoms with Crippen molar-refractivity contribution >= 4 is 24.8 Å². The average molecular weight is 459 g/mol. The van der Waals surface area contributed by atoms with Gasteiger partial charge in [-0.25, -0.2) is 0 Å². The van der Waals surface area contributed by atoms with E-state index in [1.807, 2.05) is 0 Å². The van der Waals surface area contributed by atoms with Gasteiger partial charge in [0.15, 0.2) is 8.32 Å². The van der Waals surface area contributed by atoms with E-state index in [9.17, 15) is 0 Å². The van der Waals surface area contributed by atoms with Crippen molar-refractivity contribution in [1.29, 1.82) is 0 Å². The maximum Gasteiger partial charge on any atom is 0.183 e. The minimum atomic E-state index is -1.61. The van der Waals surface area contributed by atoms with Gasteiger partial charge in [0.25, 0.3) is 0 Å². The molecule has 1 aliphatic rings. The lowest BCUT2D eigenvalue weighted by Crippen LogP contribution is -2.60. The van der Waals surface area contributed by atoms with Crippen molar-refractivity contribution in [3.63, 3.8) is 0 Å². The van der Waals surface area contributed by atoms with E-state index in [0.29, 0.717) is 0 Å². The predicted octanol–water partition coefficient (Wildman–Crippen LogP) is 6.81. The Morgan fingerprint density at radius 3 is 1.66 bits per heavy atom. The van der Waals surface area contributed by atoms with Crippen molar-refractivity contribution in [1.82, 2.24) is 9.96 Å². The molecule has 29 heavy (non-hydrogen) atoms. The fourth-order valence-corrected chi connectivity index (χ4v) is 17.1. The third-order valence-electron chi connectivity index (χ3n) is 6.44. The summed E-state index contributed by atoms with van der Waals surface area (Å²) in [6.45, 7) is 34.8. The highest BCUT2D eigenvalue weighted by Crippen LogP contribution is 2.57. The maximum absolute atomic E-state index is 6.32. The molecule has 0 saturated heterocycles. The first kappa shape index (κ1) is 27.6. The van der Waals surface area contributed by atoms with Gasteiger partial charge in [0, 0.05) is 17.7 Å². The molecular weight excluding hydrogens is 405 g/mol. The van der Waals surface area contributed by atoms with Crippen molar-refractivity contribution in [2.24, 2.45) is 11.8 Å². The van der Waals surface area contributed by atoms with Crippen LogP contribution >= 0.6 is 0 Å². The highest BCUT2D eigenvalue weighted by molar-refractivity contribution is 6.79. The van der Waals surface area contributed by atoms with Gasteiger partial charge in [-0.1, -0.05) is 33.1 Å². The quantitative estimate of drug-likeness (QED) is 0.392. The summed E-state index contributed by atoms with van der Waals surface area (Å²) in [5, 5.41) is 0. The normalized spacial score (nSPS) is 27.5. The summed E-state index contributed by atoms with van der Waals surface area (Å²) in [5.41, 5.74) is 2.02. The molecule has 1 rings (SSSR count). The third-order valence-corrected chi connectivity index (χ3v) is 15.6. The number of hydrogen-bond acceptors (Lipinski definition) is 3. The molecule has 0 bridgehead atoms. The van der Waals surface area contributed by atoms with E-state index in [0.717, 1.165) is 29.5 Å². The highest BCUT2D eigenvalue weighted by atomic mass is 28.4. The van der Waals surface area contributed by atoms with Gasteiger partial charge in [0.1, 0.15) is 16.5 Å². The van der Waals surface area contributed by atoms with Crippen LogP contribution in [0.1, 0.15) is 61.3 Å². The summed E-state index contributed by atoms with van der Waals surface area (Å²) < 4.78 is 6.32. The van der Waals surface area contributed by atoms with E-state index in [1.54, 1.807) is 0 Å². The highest BCUT2D eigenvalue weighted by Gasteiger charge is 2.54. The zero-order valence-corrected chi connectivity index (χ0v) is 25.3. The molecule has 0 aromatic carbocycles. The summed E-state index contributed by atoms with van der Waals surface area (Å²) in [6, 6.07) is 0. The predicted molar refractivity (Wildman–Crippen MR) is 139 cm³/mol. The minimum absolute atomic E-state index is 0.184. The van der Waals surface area contributed by atoms with E-state index < -0.39 is 24.8 Å². The van der Waals surface area contributed by atoms with E-state index >= 15 is 0 Å². The van der Waals surface area contributed by atoms with E-state index in [4.69, 9.17) is 4.43 Å². The van der Waals surface area contributed by atoms with Gasteiger partial charge in [-0.15, -0.1) is 0 Å². The molecule has 1 fully saturated rings. The zero-order valence-electron chi connectivity index (χ0n) is 22.3. The number of hydrogen-bond donors (Lipinski definition) is 2. The van der Waals surface area contributed by atoms with Crippen LogP contribution in [0, 0.1) is 11.8 Å². The summed E-state index contributed by atoms with van der Waals surface area (Å²) in [6.07, 6.45) is 2.61. The largest absolute Gasteiger partial charge is 0.418 e. The fraction of sp³-hybridized carbons (Fsp3) is 1.00. The number of nitrogens with one attached hydrogen (secondary N) is 2. The van der Waals surface area contributed by atoms with Crippen LogP contribution in [-0.4, -0.2) is 42.5 Å². The zero-order chi connectivity index (χ0) is 23.1. The second-order valence-electron chi connectivity index (χ2n) is 13.9. The van der Waals surface area contributed by atoms with Crippen LogP contribution in [0.2, 0.25) is 56.9 Å². The van der Waals surface area contributed by atoms with Crippen molar-refractivity contribution < 1.29 is 4.43 Å². The summed E-state index contributed by atoms with van der Waals surface area (Å²) in [4.78, 5) is 8.23. The molecule has 2 N–H and O–H groups in total. The molecule has 6 heteroatoms. The Bertz CT molecular complexity index is 530. The first-order valence-electron chi connectivity index (χ1n) is 11.9. The van der Waals surface area contributed by atoms with E-state index in [2.05, 4.69) is 104 Å². The van der Waals surface area contributed by atoms with Crippen LogP contribution in [0.4, 0.5) is 0 Å². The van der Waals surface area contributed by atoms with Gasteiger partial charge in [-0.3, -0.25) is 0 Å². The van der Waals surface area contributed by atoms with Gasteiger partial charge in [-0.2, -0.15) is 0 Å². The van der Waals surface area contributed by atoms with Crippen molar-refractivity contribution in [2.75, 3.05) is 6.61 Å². The van der Waals surface area contributed by atoms with Crippen molar-refractivity contribution in [3.05, 3.63) is 0 Å². The molecular formula is C23H54N2OSi3.